The number of aromatic nitrogens is 2. The van der Waals surface area contributed by atoms with Crippen LogP contribution in [-0.2, 0) is 0 Å². The third-order valence-electron chi connectivity index (χ3n) is 3.98. The molecule has 20 heavy (non-hydrogen) atoms. The van der Waals surface area contributed by atoms with Gasteiger partial charge in [0.1, 0.15) is 10.8 Å². The Morgan fingerprint density at radius 3 is 2.60 bits per heavy atom. The van der Waals surface area contributed by atoms with E-state index in [0.29, 0.717) is 11.2 Å². The number of nitrogen functional groups attached to an aromatic ring is 1. The van der Waals surface area contributed by atoms with E-state index in [-0.39, 0.29) is 0 Å². The molecule has 2 aromatic rings. The Kier molecular flexibility index (Phi) is 3.46. The minimum absolute atomic E-state index is 0.449. The highest BCUT2D eigenvalue weighted by Crippen LogP contribution is 2.42. The molecule has 2 aromatic heterocycles. The number of hydrogen-bond donors (Lipinski definition) is 1. The summed E-state index contributed by atoms with van der Waals surface area (Å²) in [6, 6.07) is 0. The van der Waals surface area contributed by atoms with Gasteiger partial charge in [0.2, 0.25) is 0 Å². The van der Waals surface area contributed by atoms with Crippen molar-refractivity contribution < 1.29 is 0 Å². The molecule has 3 heterocycles. The van der Waals surface area contributed by atoms with E-state index in [2.05, 4.69) is 33.5 Å². The van der Waals surface area contributed by atoms with Crippen LogP contribution in [0.2, 0.25) is 0 Å². The second kappa shape index (κ2) is 5.00. The summed E-state index contributed by atoms with van der Waals surface area (Å²) in [5, 5.41) is 4.33. The maximum atomic E-state index is 6.08. The zero-order chi connectivity index (χ0) is 14.3. The molecule has 108 valence electrons. The molecule has 0 aliphatic carbocycles. The van der Waals surface area contributed by atoms with Crippen LogP contribution in [0.1, 0.15) is 31.7 Å². The number of hydrogen-bond acceptors (Lipinski definition) is 6. The summed E-state index contributed by atoms with van der Waals surface area (Å²) in [5.74, 6) is 0.611. The molecule has 0 saturated carbocycles. The van der Waals surface area contributed by atoms with Crippen molar-refractivity contribution in [1.29, 1.82) is 0 Å². The Morgan fingerprint density at radius 1 is 1.30 bits per heavy atom. The monoisotopic (exact) mass is 308 g/mol. The summed E-state index contributed by atoms with van der Waals surface area (Å²) in [6.45, 7) is 8.86. The first kappa shape index (κ1) is 13.8. The highest BCUT2D eigenvalue weighted by atomic mass is 32.1. The van der Waals surface area contributed by atoms with Gasteiger partial charge >= 0.3 is 0 Å². The number of aryl methyl sites for hydroxylation is 1. The normalized spacial score (nSPS) is 18.4. The fourth-order valence-electron chi connectivity index (χ4n) is 2.54. The summed E-state index contributed by atoms with van der Waals surface area (Å²) in [5.41, 5.74) is 8.53. The highest BCUT2D eigenvalue weighted by Gasteiger charge is 2.29. The molecule has 0 aromatic carbocycles. The van der Waals surface area contributed by atoms with Gasteiger partial charge in [0.25, 0.3) is 0 Å². The molecule has 1 fully saturated rings. The SMILES string of the molecule is Cc1nc(-c2c(N)nsc2N2CCC(C)(C)CC2)cs1. The fraction of sp³-hybridized carbons (Fsp3) is 0.571. The number of nitrogens with two attached hydrogens (primary N) is 1. The Labute approximate surface area is 127 Å². The first-order chi connectivity index (χ1) is 9.46. The van der Waals surface area contributed by atoms with Gasteiger partial charge in [-0.25, -0.2) is 4.98 Å². The third kappa shape index (κ3) is 2.54. The number of anilines is 2. The summed E-state index contributed by atoms with van der Waals surface area (Å²) in [4.78, 5) is 7.00. The summed E-state index contributed by atoms with van der Waals surface area (Å²) in [7, 11) is 0. The molecule has 3 rings (SSSR count). The lowest BCUT2D eigenvalue weighted by molar-refractivity contribution is 0.280. The predicted molar refractivity (Wildman–Crippen MR) is 87.6 cm³/mol. The van der Waals surface area contributed by atoms with Crippen molar-refractivity contribution in [3.05, 3.63) is 10.4 Å². The molecule has 0 atom stereocenters. The van der Waals surface area contributed by atoms with E-state index >= 15 is 0 Å². The summed E-state index contributed by atoms with van der Waals surface area (Å²) >= 11 is 3.16. The summed E-state index contributed by atoms with van der Waals surface area (Å²) in [6.07, 6.45) is 2.42. The van der Waals surface area contributed by atoms with E-state index in [9.17, 15) is 0 Å². The second-order valence-corrected chi connectivity index (χ2v) is 7.97. The first-order valence-corrected chi connectivity index (χ1v) is 8.54. The number of rotatable bonds is 2. The zero-order valence-corrected chi connectivity index (χ0v) is 13.8. The van der Waals surface area contributed by atoms with Crippen molar-refractivity contribution in [2.75, 3.05) is 23.7 Å². The molecule has 0 spiro atoms. The molecule has 0 bridgehead atoms. The van der Waals surface area contributed by atoms with Gasteiger partial charge < -0.3 is 10.6 Å². The van der Waals surface area contributed by atoms with E-state index in [1.54, 1.807) is 11.3 Å². The Balaban J connectivity index is 1.92. The largest absolute Gasteiger partial charge is 0.382 e. The van der Waals surface area contributed by atoms with Gasteiger partial charge in [-0.2, -0.15) is 4.37 Å². The average molecular weight is 308 g/mol. The smallest absolute Gasteiger partial charge is 0.148 e. The summed E-state index contributed by atoms with van der Waals surface area (Å²) < 4.78 is 4.36. The maximum Gasteiger partial charge on any atom is 0.148 e. The van der Waals surface area contributed by atoms with Crippen LogP contribution in [0.15, 0.2) is 5.38 Å². The van der Waals surface area contributed by atoms with Gasteiger partial charge in [0.15, 0.2) is 0 Å². The van der Waals surface area contributed by atoms with E-state index in [1.807, 2.05) is 6.92 Å². The standard InChI is InChI=1S/C14H20N4S2/c1-9-16-10(8-19-9)11-12(15)17-20-13(11)18-6-4-14(2,3)5-7-18/h8H,4-7H2,1-3H3,(H2,15,17). The molecular weight excluding hydrogens is 288 g/mol. The van der Waals surface area contributed by atoms with Gasteiger partial charge in [0.05, 0.1) is 16.3 Å². The molecule has 1 aliphatic rings. The third-order valence-corrected chi connectivity index (χ3v) is 5.68. The molecule has 4 nitrogen and oxygen atoms in total. The molecule has 0 radical (unpaired) electrons. The van der Waals surface area contributed by atoms with Crippen LogP contribution in [-0.4, -0.2) is 22.4 Å². The Morgan fingerprint density at radius 2 is 2.00 bits per heavy atom. The minimum atomic E-state index is 0.449. The predicted octanol–water partition coefficient (Wildman–Crippen LogP) is 3.78. The zero-order valence-electron chi connectivity index (χ0n) is 12.1. The van der Waals surface area contributed by atoms with Crippen molar-refractivity contribution in [2.45, 2.75) is 33.6 Å². The molecule has 2 N–H and O–H groups in total. The highest BCUT2D eigenvalue weighted by molar-refractivity contribution is 7.11. The topological polar surface area (TPSA) is 55.0 Å². The van der Waals surface area contributed by atoms with Crippen molar-refractivity contribution in [2.24, 2.45) is 5.41 Å². The van der Waals surface area contributed by atoms with Crippen molar-refractivity contribution >= 4 is 33.7 Å². The lowest BCUT2D eigenvalue weighted by Crippen LogP contribution is -2.37. The fourth-order valence-corrected chi connectivity index (χ4v) is 4.02. The number of piperidine rings is 1. The van der Waals surface area contributed by atoms with Gasteiger partial charge in [0, 0.05) is 18.5 Å². The van der Waals surface area contributed by atoms with Gasteiger partial charge in [-0.1, -0.05) is 13.8 Å². The van der Waals surface area contributed by atoms with Gasteiger partial charge in [-0.15, -0.1) is 11.3 Å². The lowest BCUT2D eigenvalue weighted by atomic mass is 9.83. The quantitative estimate of drug-likeness (QED) is 0.917. The molecular formula is C14H20N4S2. The van der Waals surface area contributed by atoms with Crippen molar-refractivity contribution in [1.82, 2.24) is 9.36 Å². The van der Waals surface area contributed by atoms with E-state index in [1.165, 1.54) is 29.4 Å². The average Bonchev–Trinajstić information content (AvgIpc) is 2.96. The Hall–Kier alpha value is -1.14. The number of thiazole rings is 1. The minimum Gasteiger partial charge on any atom is -0.382 e. The van der Waals surface area contributed by atoms with Crippen molar-refractivity contribution in [3.63, 3.8) is 0 Å². The van der Waals surface area contributed by atoms with Crippen LogP contribution in [0.4, 0.5) is 10.8 Å². The Bertz CT molecular complexity index is 604. The molecule has 6 heteroatoms. The van der Waals surface area contributed by atoms with Crippen LogP contribution < -0.4 is 10.6 Å². The van der Waals surface area contributed by atoms with Crippen LogP contribution in [0.5, 0.6) is 0 Å². The van der Waals surface area contributed by atoms with Crippen LogP contribution in [0, 0.1) is 12.3 Å². The first-order valence-electron chi connectivity index (χ1n) is 6.89. The maximum absolute atomic E-state index is 6.08. The van der Waals surface area contributed by atoms with Crippen LogP contribution in [0.25, 0.3) is 11.3 Å². The van der Waals surface area contributed by atoms with Crippen LogP contribution in [0.3, 0.4) is 0 Å². The van der Waals surface area contributed by atoms with Crippen molar-refractivity contribution in [3.8, 4) is 11.3 Å². The lowest BCUT2D eigenvalue weighted by Gasteiger charge is -2.37. The van der Waals surface area contributed by atoms with Gasteiger partial charge in [-0.3, -0.25) is 0 Å². The van der Waals surface area contributed by atoms with Gasteiger partial charge in [-0.05, 0) is 36.7 Å². The molecule has 1 saturated heterocycles. The molecule has 0 amide bonds. The van der Waals surface area contributed by atoms with Crippen LogP contribution >= 0.6 is 22.9 Å². The van der Waals surface area contributed by atoms with E-state index in [0.717, 1.165) is 29.4 Å². The van der Waals surface area contributed by atoms with E-state index in [4.69, 9.17) is 5.73 Å². The molecule has 1 aliphatic heterocycles. The second-order valence-electron chi connectivity index (χ2n) is 6.15. The van der Waals surface area contributed by atoms with E-state index < -0.39 is 0 Å². The molecule has 0 unspecified atom stereocenters. The number of nitrogens with zero attached hydrogens (tertiary/aromatic N) is 3.